The number of carbonyl (C=O) groups is 1. The molecule has 98 valence electrons. The smallest absolute Gasteiger partial charge is 0.338 e. The van der Waals surface area contributed by atoms with Gasteiger partial charge >= 0.3 is 5.97 Å². The van der Waals surface area contributed by atoms with E-state index in [0.717, 1.165) is 6.07 Å². The quantitative estimate of drug-likeness (QED) is 0.866. The van der Waals surface area contributed by atoms with Gasteiger partial charge in [-0.05, 0) is 12.1 Å². The van der Waals surface area contributed by atoms with Crippen molar-refractivity contribution in [1.29, 1.82) is 0 Å². The van der Waals surface area contributed by atoms with Gasteiger partial charge in [0.2, 0.25) is 5.56 Å². The lowest BCUT2D eigenvalue weighted by Gasteiger charge is -2.10. The summed E-state index contributed by atoms with van der Waals surface area (Å²) in [5, 5.41) is 0.759. The van der Waals surface area contributed by atoms with Crippen molar-refractivity contribution in [2.24, 2.45) is 0 Å². The van der Waals surface area contributed by atoms with Gasteiger partial charge in [0.25, 0.3) is 0 Å². The largest absolute Gasteiger partial charge is 0.465 e. The number of ether oxygens (including phenoxy) is 1. The highest BCUT2D eigenvalue weighted by Gasteiger charge is 2.18. The van der Waals surface area contributed by atoms with Crippen molar-refractivity contribution in [2.45, 2.75) is 0 Å². The van der Waals surface area contributed by atoms with Gasteiger partial charge in [0, 0.05) is 33.4 Å². The number of H-pyrrole nitrogens is 1. The average Bonchev–Trinajstić information content (AvgIpc) is 2.39. The summed E-state index contributed by atoms with van der Waals surface area (Å²) in [5.74, 6) is -0.628. The predicted octanol–water partition coefficient (Wildman–Crippen LogP) is 3.14. The van der Waals surface area contributed by atoms with Crippen LogP contribution in [0.15, 0.2) is 35.3 Å². The molecule has 0 unspecified atom stereocenters. The molecular formula is C13H9Cl2NO3. The molecule has 1 heterocycles. The summed E-state index contributed by atoms with van der Waals surface area (Å²) in [6, 6.07) is 6.14. The maximum absolute atomic E-state index is 11.7. The van der Waals surface area contributed by atoms with Gasteiger partial charge in [-0.3, -0.25) is 4.79 Å². The second-order valence-corrected chi connectivity index (χ2v) is 4.53. The molecule has 4 nitrogen and oxygen atoms in total. The Kier molecular flexibility index (Phi) is 3.93. The molecule has 1 N–H and O–H groups in total. The van der Waals surface area contributed by atoms with E-state index in [1.807, 2.05) is 0 Å². The molecule has 0 saturated heterocycles. The molecule has 0 amide bonds. The minimum atomic E-state index is -0.628. The first-order valence-corrected chi connectivity index (χ1v) is 6.05. The highest BCUT2D eigenvalue weighted by molar-refractivity contribution is 6.39. The minimum Gasteiger partial charge on any atom is -0.465 e. The molecule has 0 spiro atoms. The Hall–Kier alpha value is -1.78. The zero-order chi connectivity index (χ0) is 14.0. The molecule has 0 atom stereocenters. The molecule has 19 heavy (non-hydrogen) atoms. The zero-order valence-corrected chi connectivity index (χ0v) is 11.4. The van der Waals surface area contributed by atoms with Crippen molar-refractivity contribution in [1.82, 2.24) is 4.98 Å². The van der Waals surface area contributed by atoms with Crippen molar-refractivity contribution < 1.29 is 9.53 Å². The van der Waals surface area contributed by atoms with E-state index in [0.29, 0.717) is 21.2 Å². The van der Waals surface area contributed by atoms with E-state index in [-0.39, 0.29) is 5.56 Å². The number of rotatable bonds is 2. The Bertz CT molecular complexity index is 674. The first kappa shape index (κ1) is 13.6. The lowest BCUT2D eigenvalue weighted by atomic mass is 10.0. The minimum absolute atomic E-state index is 0.112. The molecule has 0 aliphatic heterocycles. The van der Waals surface area contributed by atoms with Crippen LogP contribution in [0.1, 0.15) is 10.4 Å². The number of hydrogen-bond donors (Lipinski definition) is 1. The molecule has 1 aromatic heterocycles. The number of aromatic amines is 1. The van der Waals surface area contributed by atoms with Crippen LogP contribution in [0.4, 0.5) is 0 Å². The highest BCUT2D eigenvalue weighted by Crippen LogP contribution is 2.35. The van der Waals surface area contributed by atoms with Crippen LogP contribution in [0, 0.1) is 0 Å². The van der Waals surface area contributed by atoms with Crippen molar-refractivity contribution in [3.63, 3.8) is 0 Å². The number of halogens is 2. The molecule has 6 heteroatoms. The summed E-state index contributed by atoms with van der Waals surface area (Å²) < 4.78 is 4.66. The number of methoxy groups -OCH3 is 1. The van der Waals surface area contributed by atoms with E-state index in [1.54, 1.807) is 18.2 Å². The fraction of sp³-hybridized carbons (Fsp3) is 0.0769. The number of pyridine rings is 1. The Morgan fingerprint density at radius 1 is 1.26 bits per heavy atom. The summed E-state index contributed by atoms with van der Waals surface area (Å²) >= 11 is 12.2. The number of aromatic nitrogens is 1. The van der Waals surface area contributed by atoms with Crippen LogP contribution >= 0.6 is 23.2 Å². The topological polar surface area (TPSA) is 59.2 Å². The molecular weight excluding hydrogens is 289 g/mol. The predicted molar refractivity (Wildman–Crippen MR) is 73.9 cm³/mol. The van der Waals surface area contributed by atoms with Crippen LogP contribution in [-0.4, -0.2) is 18.1 Å². The monoisotopic (exact) mass is 297 g/mol. The van der Waals surface area contributed by atoms with Crippen molar-refractivity contribution >= 4 is 29.2 Å². The van der Waals surface area contributed by atoms with Gasteiger partial charge in [0.1, 0.15) is 0 Å². The fourth-order valence-electron chi connectivity index (χ4n) is 1.71. The summed E-state index contributed by atoms with van der Waals surface area (Å²) in [5.41, 5.74) is 0.595. The molecule has 0 aliphatic carbocycles. The second-order valence-electron chi connectivity index (χ2n) is 3.71. The van der Waals surface area contributed by atoms with E-state index in [1.165, 1.54) is 13.3 Å². The van der Waals surface area contributed by atoms with Gasteiger partial charge in [-0.1, -0.05) is 29.3 Å². The molecule has 0 aliphatic rings. The molecule has 0 radical (unpaired) electrons. The number of esters is 1. The maximum Gasteiger partial charge on any atom is 0.338 e. The molecule has 2 rings (SSSR count). The third-order valence-electron chi connectivity index (χ3n) is 2.56. The van der Waals surface area contributed by atoms with Crippen LogP contribution in [0.5, 0.6) is 0 Å². The van der Waals surface area contributed by atoms with Gasteiger partial charge in [-0.15, -0.1) is 0 Å². The Morgan fingerprint density at radius 3 is 2.47 bits per heavy atom. The third kappa shape index (κ3) is 2.64. The van der Waals surface area contributed by atoms with E-state index in [4.69, 9.17) is 23.2 Å². The van der Waals surface area contributed by atoms with Crippen molar-refractivity contribution in [3.8, 4) is 11.1 Å². The van der Waals surface area contributed by atoms with Crippen molar-refractivity contribution in [2.75, 3.05) is 7.11 Å². The SMILES string of the molecule is COC(=O)c1cc(=O)[nH]cc1-c1c(Cl)cccc1Cl. The molecule has 0 saturated carbocycles. The summed E-state index contributed by atoms with van der Waals surface area (Å²) in [6.07, 6.45) is 1.39. The number of carbonyl (C=O) groups excluding carboxylic acids is 1. The highest BCUT2D eigenvalue weighted by atomic mass is 35.5. The van der Waals surface area contributed by atoms with Gasteiger partial charge in [-0.25, -0.2) is 4.79 Å². The standard InChI is InChI=1S/C13H9Cl2NO3/c1-19-13(18)7-5-11(17)16-6-8(7)12-9(14)3-2-4-10(12)15/h2-6H,1H3,(H,16,17). The molecule has 1 aromatic carbocycles. The summed E-state index contributed by atoms with van der Waals surface area (Å²) in [7, 11) is 1.24. The van der Waals surface area contributed by atoms with Crippen LogP contribution in [0.3, 0.4) is 0 Å². The Labute approximate surface area is 118 Å². The van der Waals surface area contributed by atoms with E-state index >= 15 is 0 Å². The third-order valence-corrected chi connectivity index (χ3v) is 3.19. The number of benzene rings is 1. The van der Waals surface area contributed by atoms with Gasteiger partial charge < -0.3 is 9.72 Å². The van der Waals surface area contributed by atoms with E-state index in [2.05, 4.69) is 9.72 Å². The van der Waals surface area contributed by atoms with Crippen LogP contribution in [0.2, 0.25) is 10.0 Å². The first-order chi connectivity index (χ1) is 9.04. The maximum atomic E-state index is 11.7. The fourth-order valence-corrected chi connectivity index (χ4v) is 2.31. The summed E-state index contributed by atoms with van der Waals surface area (Å²) in [4.78, 5) is 25.5. The Morgan fingerprint density at radius 2 is 1.89 bits per heavy atom. The average molecular weight is 298 g/mol. The van der Waals surface area contributed by atoms with Crippen molar-refractivity contribution in [3.05, 3.63) is 56.4 Å². The van der Waals surface area contributed by atoms with Crippen LogP contribution in [-0.2, 0) is 4.74 Å². The van der Waals surface area contributed by atoms with E-state index < -0.39 is 11.5 Å². The van der Waals surface area contributed by atoms with Crippen LogP contribution in [0.25, 0.3) is 11.1 Å². The summed E-state index contributed by atoms with van der Waals surface area (Å²) in [6.45, 7) is 0. The number of nitrogens with one attached hydrogen (secondary N) is 1. The number of hydrogen-bond acceptors (Lipinski definition) is 3. The normalized spacial score (nSPS) is 10.3. The molecule has 2 aromatic rings. The molecule has 0 bridgehead atoms. The van der Waals surface area contributed by atoms with Gasteiger partial charge in [0.15, 0.2) is 0 Å². The second kappa shape index (κ2) is 5.47. The van der Waals surface area contributed by atoms with E-state index in [9.17, 15) is 9.59 Å². The Balaban J connectivity index is 2.76. The zero-order valence-electron chi connectivity index (χ0n) is 9.87. The lowest BCUT2D eigenvalue weighted by molar-refractivity contribution is 0.0601. The van der Waals surface area contributed by atoms with Gasteiger partial charge in [0.05, 0.1) is 12.7 Å². The lowest BCUT2D eigenvalue weighted by Crippen LogP contribution is -2.12. The molecule has 0 fully saturated rings. The first-order valence-electron chi connectivity index (χ1n) is 5.30. The van der Waals surface area contributed by atoms with Crippen LogP contribution < -0.4 is 5.56 Å². The van der Waals surface area contributed by atoms with Gasteiger partial charge in [-0.2, -0.15) is 0 Å².